The normalized spacial score (nSPS) is 17.3. The molecule has 112 valence electrons. The number of aliphatic hydroxyl groups is 1. The molecule has 1 aromatic rings. The number of alkyl halides is 2. The minimum absolute atomic E-state index is 0.0180. The molecule has 1 aliphatic rings. The van der Waals surface area contributed by atoms with Crippen LogP contribution in [-0.2, 0) is 4.74 Å². The van der Waals surface area contributed by atoms with Gasteiger partial charge in [0.05, 0.1) is 13.2 Å². The predicted octanol–water partition coefficient (Wildman–Crippen LogP) is -0.672. The zero-order valence-electron chi connectivity index (χ0n) is 10.7. The van der Waals surface area contributed by atoms with Crippen LogP contribution >= 0.6 is 0 Å². The highest BCUT2D eigenvalue weighted by molar-refractivity contribution is 5.42. The first-order valence-electron chi connectivity index (χ1n) is 6.10. The fraction of sp³-hybridized carbons (Fsp3) is 0.700. The lowest BCUT2D eigenvalue weighted by atomic mass is 10.4. The summed E-state index contributed by atoms with van der Waals surface area (Å²) in [6.07, 6.45) is -4.62. The van der Waals surface area contributed by atoms with E-state index in [0.29, 0.717) is 32.3 Å². The number of nitrogen functional groups attached to an aromatic ring is 1. The van der Waals surface area contributed by atoms with Crippen LogP contribution in [0.3, 0.4) is 0 Å². The fourth-order valence-electron chi connectivity index (χ4n) is 1.65. The number of hydrogen-bond acceptors (Lipinski definition) is 8. The standard InChI is InChI=1S/C10H16F2N6O2/c11-7(12)6(19)5-14-9-15-8(13)16-10(17-9)18-1-3-20-4-2-18/h6-7,19H,1-5H2,(H3,13,14,15,16,17). The molecule has 1 atom stereocenters. The second kappa shape index (κ2) is 6.57. The molecule has 10 heteroatoms. The molecular weight excluding hydrogens is 274 g/mol. The Balaban J connectivity index is 2.04. The van der Waals surface area contributed by atoms with Crippen LogP contribution in [0.1, 0.15) is 0 Å². The number of rotatable bonds is 5. The van der Waals surface area contributed by atoms with Gasteiger partial charge in [-0.3, -0.25) is 0 Å². The van der Waals surface area contributed by atoms with Crippen LogP contribution in [0.5, 0.6) is 0 Å². The average molecular weight is 290 g/mol. The second-order valence-electron chi connectivity index (χ2n) is 4.20. The third kappa shape index (κ3) is 3.84. The number of anilines is 3. The van der Waals surface area contributed by atoms with E-state index < -0.39 is 12.5 Å². The minimum Gasteiger partial charge on any atom is -0.385 e. The smallest absolute Gasteiger partial charge is 0.265 e. The van der Waals surface area contributed by atoms with Crippen molar-refractivity contribution in [3.05, 3.63) is 0 Å². The maximum Gasteiger partial charge on any atom is 0.265 e. The number of hydrogen-bond donors (Lipinski definition) is 3. The molecule has 1 unspecified atom stereocenters. The molecule has 1 aliphatic heterocycles. The van der Waals surface area contributed by atoms with E-state index in [1.807, 2.05) is 4.90 Å². The first kappa shape index (κ1) is 14.6. The summed E-state index contributed by atoms with van der Waals surface area (Å²) in [5.74, 6) is 0.393. The monoisotopic (exact) mass is 290 g/mol. The number of nitrogens with two attached hydrogens (primary N) is 1. The third-order valence-corrected chi connectivity index (χ3v) is 2.70. The van der Waals surface area contributed by atoms with Gasteiger partial charge >= 0.3 is 0 Å². The zero-order valence-corrected chi connectivity index (χ0v) is 10.7. The largest absolute Gasteiger partial charge is 0.385 e. The van der Waals surface area contributed by atoms with Crippen molar-refractivity contribution in [1.82, 2.24) is 15.0 Å². The van der Waals surface area contributed by atoms with Crippen LogP contribution in [0.15, 0.2) is 0 Å². The molecule has 1 aromatic heterocycles. The molecule has 0 spiro atoms. The molecule has 1 fully saturated rings. The molecule has 2 heterocycles. The molecule has 8 nitrogen and oxygen atoms in total. The van der Waals surface area contributed by atoms with Crippen molar-refractivity contribution < 1.29 is 18.6 Å². The van der Waals surface area contributed by atoms with E-state index in [2.05, 4.69) is 20.3 Å². The van der Waals surface area contributed by atoms with Crippen LogP contribution in [0.2, 0.25) is 0 Å². The van der Waals surface area contributed by atoms with Gasteiger partial charge in [0.15, 0.2) is 0 Å². The number of halogens is 2. The molecular formula is C10H16F2N6O2. The molecule has 2 rings (SSSR count). The molecule has 0 saturated carbocycles. The van der Waals surface area contributed by atoms with Crippen molar-refractivity contribution in [3.63, 3.8) is 0 Å². The number of nitrogens with one attached hydrogen (secondary N) is 1. The first-order valence-corrected chi connectivity index (χ1v) is 6.10. The molecule has 4 N–H and O–H groups in total. The number of ether oxygens (including phenoxy) is 1. The average Bonchev–Trinajstić information content (AvgIpc) is 2.45. The fourth-order valence-corrected chi connectivity index (χ4v) is 1.65. The van der Waals surface area contributed by atoms with Gasteiger partial charge in [-0.15, -0.1) is 0 Å². The van der Waals surface area contributed by atoms with Crippen molar-refractivity contribution >= 4 is 17.8 Å². The maximum atomic E-state index is 12.2. The Hall–Kier alpha value is -1.81. The van der Waals surface area contributed by atoms with Crippen molar-refractivity contribution in [1.29, 1.82) is 0 Å². The number of nitrogens with zero attached hydrogens (tertiary/aromatic N) is 4. The van der Waals surface area contributed by atoms with E-state index in [0.717, 1.165) is 0 Å². The summed E-state index contributed by atoms with van der Waals surface area (Å²) in [7, 11) is 0. The molecule has 20 heavy (non-hydrogen) atoms. The van der Waals surface area contributed by atoms with Crippen LogP contribution < -0.4 is 16.0 Å². The van der Waals surface area contributed by atoms with Gasteiger partial charge in [-0.1, -0.05) is 0 Å². The summed E-state index contributed by atoms with van der Waals surface area (Å²) in [4.78, 5) is 13.7. The highest BCUT2D eigenvalue weighted by atomic mass is 19.3. The summed E-state index contributed by atoms with van der Waals surface area (Å²) >= 11 is 0. The quantitative estimate of drug-likeness (QED) is 0.655. The lowest BCUT2D eigenvalue weighted by Crippen LogP contribution is -2.37. The minimum atomic E-state index is -2.83. The number of morpholine rings is 1. The second-order valence-corrected chi connectivity index (χ2v) is 4.20. The van der Waals surface area contributed by atoms with E-state index in [1.165, 1.54) is 0 Å². The van der Waals surface area contributed by atoms with Crippen molar-refractivity contribution in [3.8, 4) is 0 Å². The number of aromatic nitrogens is 3. The van der Waals surface area contributed by atoms with Crippen LogP contribution in [0.4, 0.5) is 26.6 Å². The van der Waals surface area contributed by atoms with Gasteiger partial charge in [0.25, 0.3) is 6.43 Å². The third-order valence-electron chi connectivity index (χ3n) is 2.70. The Morgan fingerprint density at radius 3 is 2.65 bits per heavy atom. The summed E-state index contributed by atoms with van der Waals surface area (Å²) in [6, 6.07) is 0. The lowest BCUT2D eigenvalue weighted by Gasteiger charge is -2.26. The van der Waals surface area contributed by atoms with Crippen molar-refractivity contribution in [2.45, 2.75) is 12.5 Å². The van der Waals surface area contributed by atoms with Crippen molar-refractivity contribution in [2.75, 3.05) is 48.8 Å². The summed E-state index contributed by atoms with van der Waals surface area (Å²) in [5, 5.41) is 11.5. The Kier molecular flexibility index (Phi) is 4.79. The molecule has 1 saturated heterocycles. The van der Waals surface area contributed by atoms with Gasteiger partial charge in [-0.2, -0.15) is 15.0 Å². The number of aliphatic hydroxyl groups excluding tert-OH is 1. The van der Waals surface area contributed by atoms with E-state index in [1.54, 1.807) is 0 Å². The first-order chi connectivity index (χ1) is 9.56. The lowest BCUT2D eigenvalue weighted by molar-refractivity contribution is 0.00376. The van der Waals surface area contributed by atoms with Crippen LogP contribution in [0, 0.1) is 0 Å². The van der Waals surface area contributed by atoms with E-state index in [9.17, 15) is 8.78 Å². The Labute approximate surface area is 114 Å². The molecule has 0 amide bonds. The van der Waals surface area contributed by atoms with Gasteiger partial charge in [-0.25, -0.2) is 8.78 Å². The Morgan fingerprint density at radius 1 is 1.30 bits per heavy atom. The summed E-state index contributed by atoms with van der Waals surface area (Å²) < 4.78 is 29.6. The highest BCUT2D eigenvalue weighted by Crippen LogP contribution is 2.13. The molecule has 0 aromatic carbocycles. The SMILES string of the molecule is Nc1nc(NCC(O)C(F)F)nc(N2CCOCC2)n1. The Bertz CT molecular complexity index is 444. The topological polar surface area (TPSA) is 109 Å². The summed E-state index contributed by atoms with van der Waals surface area (Å²) in [5.41, 5.74) is 5.56. The van der Waals surface area contributed by atoms with E-state index >= 15 is 0 Å². The van der Waals surface area contributed by atoms with E-state index in [4.69, 9.17) is 15.6 Å². The molecule has 0 aliphatic carbocycles. The van der Waals surface area contributed by atoms with Gasteiger partial charge in [-0.05, 0) is 0 Å². The van der Waals surface area contributed by atoms with Gasteiger partial charge in [0.2, 0.25) is 17.8 Å². The van der Waals surface area contributed by atoms with Gasteiger partial charge < -0.3 is 25.8 Å². The summed E-state index contributed by atoms with van der Waals surface area (Å²) in [6.45, 7) is 1.96. The van der Waals surface area contributed by atoms with Gasteiger partial charge in [0.1, 0.15) is 6.10 Å². The van der Waals surface area contributed by atoms with Gasteiger partial charge in [0, 0.05) is 19.6 Å². The maximum absolute atomic E-state index is 12.2. The molecule has 0 bridgehead atoms. The van der Waals surface area contributed by atoms with Crippen molar-refractivity contribution in [2.24, 2.45) is 0 Å². The molecule has 0 radical (unpaired) electrons. The van der Waals surface area contributed by atoms with Crippen LogP contribution in [-0.4, -0.2) is 65.4 Å². The zero-order chi connectivity index (χ0) is 14.5. The van der Waals surface area contributed by atoms with Crippen LogP contribution in [0.25, 0.3) is 0 Å². The highest BCUT2D eigenvalue weighted by Gasteiger charge is 2.18. The Morgan fingerprint density at radius 2 is 2.00 bits per heavy atom. The van der Waals surface area contributed by atoms with E-state index in [-0.39, 0.29) is 18.4 Å². The predicted molar refractivity (Wildman–Crippen MR) is 67.8 cm³/mol.